The number of esters is 1. The lowest BCUT2D eigenvalue weighted by Gasteiger charge is -2.39. The average molecular weight is 328 g/mol. The molecule has 0 N–H and O–H groups in total. The summed E-state index contributed by atoms with van der Waals surface area (Å²) in [5.41, 5.74) is 0.680. The van der Waals surface area contributed by atoms with Gasteiger partial charge in [-0.05, 0) is 45.9 Å². The molecule has 1 aliphatic heterocycles. The molecule has 0 spiro atoms. The van der Waals surface area contributed by atoms with Gasteiger partial charge in [0.1, 0.15) is 23.0 Å². The minimum atomic E-state index is -0.681. The molecule has 2 heterocycles. The number of carbonyl (C=O) groups excluding carboxylic acids is 1. The lowest BCUT2D eigenvalue weighted by molar-refractivity contribution is -0.156. The summed E-state index contributed by atoms with van der Waals surface area (Å²) in [6, 6.07) is 6.81. The number of benzene rings is 1. The molecule has 24 heavy (non-hydrogen) atoms. The van der Waals surface area contributed by atoms with Crippen molar-refractivity contribution >= 4 is 16.9 Å². The molecule has 1 atom stereocenters. The fourth-order valence-electron chi connectivity index (χ4n) is 2.76. The van der Waals surface area contributed by atoms with Crippen molar-refractivity contribution in [3.63, 3.8) is 0 Å². The minimum absolute atomic E-state index is 0.371. The van der Waals surface area contributed by atoms with E-state index in [0.29, 0.717) is 23.3 Å². The first-order valence-corrected chi connectivity index (χ1v) is 7.90. The molecule has 126 valence electrons. The van der Waals surface area contributed by atoms with Crippen LogP contribution in [-0.2, 0) is 16.0 Å². The van der Waals surface area contributed by atoms with Gasteiger partial charge in [0.15, 0.2) is 0 Å². The maximum absolute atomic E-state index is 12.1. The third-order valence-electron chi connectivity index (χ3n) is 4.39. The summed E-state index contributed by atoms with van der Waals surface area (Å²) in [6.45, 7) is 7.26. The molecule has 3 rings (SSSR count). The standard InChI is InChI=1S/C19H20O5/c1-5-11(2)18(21)22-15-10-13-14(24-19(15,3)4)8-6-12-7-9-16(20)23-17(12)13/h5-9,15H,10H2,1-4H3/b11-5-. The first-order chi connectivity index (χ1) is 11.3. The van der Waals surface area contributed by atoms with Crippen molar-refractivity contribution in [2.75, 3.05) is 0 Å². The van der Waals surface area contributed by atoms with Gasteiger partial charge >= 0.3 is 11.6 Å². The molecule has 1 aromatic carbocycles. The zero-order chi connectivity index (χ0) is 17.5. The van der Waals surface area contributed by atoms with Gasteiger partial charge in [-0.25, -0.2) is 9.59 Å². The first kappa shape index (κ1) is 16.3. The Morgan fingerprint density at radius 3 is 2.71 bits per heavy atom. The van der Waals surface area contributed by atoms with Crippen LogP contribution < -0.4 is 10.4 Å². The number of fused-ring (bicyclic) bond motifs is 3. The summed E-state index contributed by atoms with van der Waals surface area (Å²) in [6.07, 6.45) is 1.65. The Morgan fingerprint density at radius 1 is 1.29 bits per heavy atom. The number of rotatable bonds is 2. The van der Waals surface area contributed by atoms with E-state index in [1.165, 1.54) is 6.07 Å². The fraction of sp³-hybridized carbons (Fsp3) is 0.368. The van der Waals surface area contributed by atoms with Gasteiger partial charge in [-0.15, -0.1) is 0 Å². The van der Waals surface area contributed by atoms with Crippen LogP contribution in [0.5, 0.6) is 5.75 Å². The Kier molecular flexibility index (Phi) is 3.95. The highest BCUT2D eigenvalue weighted by Gasteiger charge is 2.41. The normalized spacial score (nSPS) is 19.5. The average Bonchev–Trinajstić information content (AvgIpc) is 2.54. The van der Waals surface area contributed by atoms with E-state index in [9.17, 15) is 9.59 Å². The van der Waals surface area contributed by atoms with Gasteiger partial charge < -0.3 is 13.9 Å². The fourth-order valence-corrected chi connectivity index (χ4v) is 2.76. The van der Waals surface area contributed by atoms with Crippen LogP contribution in [0.2, 0.25) is 0 Å². The molecule has 0 fully saturated rings. The Hall–Kier alpha value is -2.56. The van der Waals surface area contributed by atoms with E-state index in [0.717, 1.165) is 10.9 Å². The molecule has 0 saturated heterocycles. The second kappa shape index (κ2) is 5.82. The van der Waals surface area contributed by atoms with Crippen LogP contribution in [0.4, 0.5) is 0 Å². The Balaban J connectivity index is 2.04. The van der Waals surface area contributed by atoms with E-state index in [-0.39, 0.29) is 5.97 Å². The maximum Gasteiger partial charge on any atom is 0.336 e. The van der Waals surface area contributed by atoms with Gasteiger partial charge in [0.25, 0.3) is 0 Å². The predicted molar refractivity (Wildman–Crippen MR) is 90.2 cm³/mol. The number of allylic oxidation sites excluding steroid dienone is 1. The van der Waals surface area contributed by atoms with Gasteiger partial charge in [-0.3, -0.25) is 0 Å². The highest BCUT2D eigenvalue weighted by molar-refractivity contribution is 5.88. The Morgan fingerprint density at radius 2 is 2.00 bits per heavy atom. The van der Waals surface area contributed by atoms with Gasteiger partial charge in [-0.2, -0.15) is 0 Å². The SMILES string of the molecule is C/C=C(/C)C(=O)OC1Cc2c(ccc3ccc(=O)oc23)OC1(C)C. The van der Waals surface area contributed by atoms with Crippen LogP contribution in [0.1, 0.15) is 33.3 Å². The van der Waals surface area contributed by atoms with Gasteiger partial charge in [-0.1, -0.05) is 6.08 Å². The van der Waals surface area contributed by atoms with Gasteiger partial charge in [0, 0.05) is 29.0 Å². The molecule has 0 aliphatic carbocycles. The molecule has 5 nitrogen and oxygen atoms in total. The summed E-state index contributed by atoms with van der Waals surface area (Å²) in [5.74, 6) is 0.279. The Labute approximate surface area is 139 Å². The largest absolute Gasteiger partial charge is 0.484 e. The maximum atomic E-state index is 12.1. The van der Waals surface area contributed by atoms with E-state index in [1.807, 2.05) is 26.0 Å². The molecule has 0 bridgehead atoms. The first-order valence-electron chi connectivity index (χ1n) is 7.90. The van der Waals surface area contributed by atoms with Crippen LogP contribution in [0.25, 0.3) is 11.0 Å². The molecule has 0 radical (unpaired) electrons. The van der Waals surface area contributed by atoms with E-state index in [4.69, 9.17) is 13.9 Å². The summed E-state index contributed by atoms with van der Waals surface area (Å²) >= 11 is 0. The number of hydrogen-bond acceptors (Lipinski definition) is 5. The van der Waals surface area contributed by atoms with Crippen LogP contribution >= 0.6 is 0 Å². The summed E-state index contributed by atoms with van der Waals surface area (Å²) in [5, 5.41) is 0.811. The quantitative estimate of drug-likeness (QED) is 0.480. The number of carbonyl (C=O) groups is 1. The summed E-state index contributed by atoms with van der Waals surface area (Å²) in [7, 11) is 0. The lowest BCUT2D eigenvalue weighted by atomic mass is 9.90. The molecule has 2 aromatic rings. The molecule has 5 heteroatoms. The zero-order valence-corrected chi connectivity index (χ0v) is 14.2. The van der Waals surface area contributed by atoms with E-state index in [2.05, 4.69) is 0 Å². The van der Waals surface area contributed by atoms with Crippen molar-refractivity contribution < 1.29 is 18.7 Å². The Bertz CT molecular complexity index is 888. The number of hydrogen-bond donors (Lipinski definition) is 0. The van der Waals surface area contributed by atoms with Crippen LogP contribution in [0.15, 0.2) is 45.1 Å². The molecule has 1 aliphatic rings. The molecule has 0 saturated carbocycles. The van der Waals surface area contributed by atoms with Crippen molar-refractivity contribution in [3.8, 4) is 5.75 Å². The monoisotopic (exact) mass is 328 g/mol. The zero-order valence-electron chi connectivity index (χ0n) is 14.2. The molecular weight excluding hydrogens is 308 g/mol. The minimum Gasteiger partial charge on any atom is -0.484 e. The topological polar surface area (TPSA) is 65.7 Å². The van der Waals surface area contributed by atoms with Crippen molar-refractivity contribution in [1.29, 1.82) is 0 Å². The summed E-state index contributed by atoms with van der Waals surface area (Å²) in [4.78, 5) is 23.7. The molecular formula is C19H20O5. The second-order valence-corrected chi connectivity index (χ2v) is 6.49. The highest BCUT2D eigenvalue weighted by atomic mass is 16.6. The van der Waals surface area contributed by atoms with Crippen LogP contribution in [0, 0.1) is 0 Å². The third-order valence-corrected chi connectivity index (χ3v) is 4.39. The third kappa shape index (κ3) is 2.82. The van der Waals surface area contributed by atoms with E-state index in [1.54, 1.807) is 26.0 Å². The second-order valence-electron chi connectivity index (χ2n) is 6.49. The summed E-state index contributed by atoms with van der Waals surface area (Å²) < 4.78 is 17.0. The van der Waals surface area contributed by atoms with Crippen molar-refractivity contribution in [3.05, 3.63) is 51.9 Å². The van der Waals surface area contributed by atoms with Gasteiger partial charge in [0.2, 0.25) is 0 Å². The van der Waals surface area contributed by atoms with Crippen LogP contribution in [-0.4, -0.2) is 17.7 Å². The molecule has 1 unspecified atom stereocenters. The molecule has 1 aromatic heterocycles. The highest BCUT2D eigenvalue weighted by Crippen LogP contribution is 2.38. The molecule has 0 amide bonds. The van der Waals surface area contributed by atoms with Gasteiger partial charge in [0.05, 0.1) is 0 Å². The van der Waals surface area contributed by atoms with E-state index >= 15 is 0 Å². The van der Waals surface area contributed by atoms with Crippen LogP contribution in [0.3, 0.4) is 0 Å². The number of ether oxygens (including phenoxy) is 2. The van der Waals surface area contributed by atoms with Crippen molar-refractivity contribution in [1.82, 2.24) is 0 Å². The predicted octanol–water partition coefficient (Wildman–Crippen LogP) is 3.38. The lowest BCUT2D eigenvalue weighted by Crippen LogP contribution is -2.49. The van der Waals surface area contributed by atoms with Crippen molar-refractivity contribution in [2.45, 2.75) is 45.8 Å². The van der Waals surface area contributed by atoms with E-state index < -0.39 is 17.3 Å². The van der Waals surface area contributed by atoms with Crippen molar-refractivity contribution in [2.24, 2.45) is 0 Å². The smallest absolute Gasteiger partial charge is 0.336 e.